The van der Waals surface area contributed by atoms with E-state index in [2.05, 4.69) is 17.1 Å². The lowest BCUT2D eigenvalue weighted by molar-refractivity contribution is -0.164. The second-order valence-electron chi connectivity index (χ2n) is 6.72. The van der Waals surface area contributed by atoms with E-state index in [4.69, 9.17) is 9.47 Å². The maximum atomic E-state index is 12.8. The summed E-state index contributed by atoms with van der Waals surface area (Å²) in [5.74, 6) is -0.319. The molecule has 6 atom stereocenters. The molecule has 4 heterocycles. The second-order valence-corrected chi connectivity index (χ2v) is 6.72. The van der Waals surface area contributed by atoms with Gasteiger partial charge < -0.3 is 14.4 Å². The van der Waals surface area contributed by atoms with Crippen LogP contribution in [0.5, 0.6) is 0 Å². The molecule has 0 spiro atoms. The highest BCUT2D eigenvalue weighted by Crippen LogP contribution is 2.50. The SMILES string of the molecule is CC(=O)[C@@H]1[C@H]2[C@@H](C(=O)[C@H]3OC[C@H]2O3)[C@H]2C=Cc3ccccc3N21. The maximum absolute atomic E-state index is 12.8. The van der Waals surface area contributed by atoms with Gasteiger partial charge in [0.1, 0.15) is 0 Å². The van der Waals surface area contributed by atoms with Gasteiger partial charge in [0, 0.05) is 11.6 Å². The Bertz CT molecular complexity index is 742. The highest BCUT2D eigenvalue weighted by atomic mass is 16.7. The van der Waals surface area contributed by atoms with E-state index in [9.17, 15) is 9.59 Å². The Morgan fingerprint density at radius 2 is 2.13 bits per heavy atom. The van der Waals surface area contributed by atoms with Crippen molar-refractivity contribution in [3.05, 3.63) is 35.9 Å². The molecule has 5 rings (SSSR count). The van der Waals surface area contributed by atoms with Gasteiger partial charge in [0.2, 0.25) is 6.29 Å². The van der Waals surface area contributed by atoms with E-state index >= 15 is 0 Å². The van der Waals surface area contributed by atoms with Gasteiger partial charge in [0.15, 0.2) is 11.6 Å². The summed E-state index contributed by atoms with van der Waals surface area (Å²) in [6.45, 7) is 2.00. The van der Waals surface area contributed by atoms with Crippen LogP contribution in [0.15, 0.2) is 30.3 Å². The van der Waals surface area contributed by atoms with Crippen molar-refractivity contribution in [2.24, 2.45) is 11.8 Å². The quantitative estimate of drug-likeness (QED) is 0.785. The molecule has 1 aromatic carbocycles. The van der Waals surface area contributed by atoms with E-state index in [-0.39, 0.29) is 41.6 Å². The summed E-state index contributed by atoms with van der Waals surface area (Å²) < 4.78 is 11.2. The third kappa shape index (κ3) is 1.64. The number of carbonyl (C=O) groups excluding carboxylic acids is 2. The first-order valence-electron chi connectivity index (χ1n) is 8.03. The summed E-state index contributed by atoms with van der Waals surface area (Å²) in [6, 6.07) is 7.59. The number of fused-ring (bicyclic) bond motifs is 8. The van der Waals surface area contributed by atoms with Crippen molar-refractivity contribution < 1.29 is 19.1 Å². The lowest BCUT2D eigenvalue weighted by Crippen LogP contribution is -2.48. The summed E-state index contributed by atoms with van der Waals surface area (Å²) in [5, 5.41) is 0. The first-order valence-corrected chi connectivity index (χ1v) is 8.03. The average molecular weight is 311 g/mol. The van der Waals surface area contributed by atoms with Crippen LogP contribution in [0.25, 0.3) is 6.08 Å². The Morgan fingerprint density at radius 1 is 1.30 bits per heavy atom. The van der Waals surface area contributed by atoms with Gasteiger partial charge in [0.25, 0.3) is 0 Å². The molecule has 3 saturated heterocycles. The lowest BCUT2D eigenvalue weighted by Gasteiger charge is -2.35. The van der Waals surface area contributed by atoms with Crippen molar-refractivity contribution in [1.29, 1.82) is 0 Å². The molecule has 1 aromatic rings. The van der Waals surface area contributed by atoms with Crippen molar-refractivity contribution in [3.63, 3.8) is 0 Å². The van der Waals surface area contributed by atoms with Crippen molar-refractivity contribution in [2.75, 3.05) is 11.5 Å². The van der Waals surface area contributed by atoms with E-state index < -0.39 is 6.29 Å². The first-order chi connectivity index (χ1) is 11.2. The van der Waals surface area contributed by atoms with E-state index in [0.717, 1.165) is 11.3 Å². The number of carbonyl (C=O) groups is 2. The third-order valence-corrected chi connectivity index (χ3v) is 5.57. The van der Waals surface area contributed by atoms with E-state index in [1.807, 2.05) is 24.3 Å². The molecule has 0 radical (unpaired) electrons. The van der Waals surface area contributed by atoms with Crippen LogP contribution in [0, 0.1) is 11.8 Å². The van der Waals surface area contributed by atoms with Gasteiger partial charge in [-0.05, 0) is 18.6 Å². The van der Waals surface area contributed by atoms with Gasteiger partial charge in [-0.25, -0.2) is 0 Å². The third-order valence-electron chi connectivity index (χ3n) is 5.57. The standard InChI is InChI=1S/C18H17NO4/c1-9(20)16-15-13-8-22-18(23-13)17(21)14(15)12-7-6-10-4-2-3-5-11(10)19(12)16/h2-7,12-16,18H,8H2,1H3/t12-,13-,14+,15-,16-,18+/m1/s1. The number of benzene rings is 1. The van der Waals surface area contributed by atoms with Crippen LogP contribution >= 0.6 is 0 Å². The number of nitrogens with zero attached hydrogens (tertiary/aromatic N) is 1. The van der Waals surface area contributed by atoms with Crippen molar-refractivity contribution >= 4 is 23.3 Å². The lowest BCUT2D eigenvalue weighted by atomic mass is 9.78. The number of Topliss-reactive ketones (excluding diaryl/α,β-unsaturated/α-hetero) is 2. The molecule has 0 N–H and O–H groups in total. The summed E-state index contributed by atoms with van der Waals surface area (Å²) in [4.78, 5) is 27.4. The largest absolute Gasteiger partial charge is 0.353 e. The zero-order valence-electron chi connectivity index (χ0n) is 12.7. The Labute approximate surface area is 133 Å². The Balaban J connectivity index is 1.69. The van der Waals surface area contributed by atoms with E-state index in [1.54, 1.807) is 6.92 Å². The Morgan fingerprint density at radius 3 is 2.96 bits per heavy atom. The monoisotopic (exact) mass is 311 g/mol. The molecular weight excluding hydrogens is 294 g/mol. The number of ketones is 2. The average Bonchev–Trinajstić information content (AvgIpc) is 3.13. The highest BCUT2D eigenvalue weighted by molar-refractivity contribution is 5.95. The molecule has 3 fully saturated rings. The van der Waals surface area contributed by atoms with Crippen LogP contribution in [0.3, 0.4) is 0 Å². The zero-order valence-corrected chi connectivity index (χ0v) is 12.7. The topological polar surface area (TPSA) is 55.8 Å². The molecular formula is C18H17NO4. The normalized spacial score (nSPS) is 39.9. The molecule has 5 heteroatoms. The van der Waals surface area contributed by atoms with Gasteiger partial charge >= 0.3 is 0 Å². The number of hydrogen-bond acceptors (Lipinski definition) is 5. The fourth-order valence-electron chi connectivity index (χ4n) is 4.74. The van der Waals surface area contributed by atoms with Gasteiger partial charge in [-0.2, -0.15) is 0 Å². The molecule has 0 amide bonds. The van der Waals surface area contributed by atoms with Crippen molar-refractivity contribution in [1.82, 2.24) is 0 Å². The van der Waals surface area contributed by atoms with Crippen molar-refractivity contribution in [2.45, 2.75) is 31.4 Å². The molecule has 4 aliphatic heterocycles. The van der Waals surface area contributed by atoms with E-state index in [0.29, 0.717) is 6.61 Å². The Kier molecular flexibility index (Phi) is 2.65. The molecule has 0 unspecified atom stereocenters. The van der Waals surface area contributed by atoms with Gasteiger partial charge in [-0.15, -0.1) is 0 Å². The van der Waals surface area contributed by atoms with Crippen LogP contribution in [-0.2, 0) is 19.1 Å². The predicted molar refractivity (Wildman–Crippen MR) is 82.8 cm³/mol. The van der Waals surface area contributed by atoms with Gasteiger partial charge in [-0.3, -0.25) is 9.59 Å². The van der Waals surface area contributed by atoms with Crippen LogP contribution in [0.4, 0.5) is 5.69 Å². The molecule has 5 nitrogen and oxygen atoms in total. The highest BCUT2D eigenvalue weighted by Gasteiger charge is 2.62. The molecule has 0 aliphatic carbocycles. The first kappa shape index (κ1) is 13.5. The molecule has 0 saturated carbocycles. The summed E-state index contributed by atoms with van der Waals surface area (Å²) >= 11 is 0. The number of rotatable bonds is 1. The van der Waals surface area contributed by atoms with Gasteiger partial charge in [0.05, 0.1) is 30.7 Å². The molecule has 2 bridgehead atoms. The zero-order chi connectivity index (χ0) is 15.7. The molecule has 118 valence electrons. The smallest absolute Gasteiger partial charge is 0.218 e. The van der Waals surface area contributed by atoms with E-state index in [1.165, 1.54) is 0 Å². The van der Waals surface area contributed by atoms with Gasteiger partial charge in [-0.1, -0.05) is 30.4 Å². The number of para-hydroxylation sites is 1. The van der Waals surface area contributed by atoms with Crippen LogP contribution in [0.1, 0.15) is 12.5 Å². The second kappa shape index (κ2) is 4.52. The van der Waals surface area contributed by atoms with Crippen LogP contribution < -0.4 is 4.90 Å². The maximum Gasteiger partial charge on any atom is 0.218 e. The summed E-state index contributed by atoms with van der Waals surface area (Å²) in [5.41, 5.74) is 2.11. The number of ether oxygens (including phenoxy) is 2. The molecule has 23 heavy (non-hydrogen) atoms. The Hall–Kier alpha value is -1.98. The van der Waals surface area contributed by atoms with Crippen LogP contribution in [0.2, 0.25) is 0 Å². The number of anilines is 1. The minimum absolute atomic E-state index is 0.0217. The summed E-state index contributed by atoms with van der Waals surface area (Å²) in [6.07, 6.45) is 3.19. The fraction of sp³-hybridized carbons (Fsp3) is 0.444. The number of hydrogen-bond donors (Lipinski definition) is 0. The predicted octanol–water partition coefficient (Wildman–Crippen LogP) is 1.42. The van der Waals surface area contributed by atoms with Crippen LogP contribution in [-0.4, -0.2) is 42.7 Å². The molecule has 0 aromatic heterocycles. The minimum Gasteiger partial charge on any atom is -0.353 e. The minimum atomic E-state index is -0.751. The van der Waals surface area contributed by atoms with Crippen molar-refractivity contribution in [3.8, 4) is 0 Å². The summed E-state index contributed by atoms with van der Waals surface area (Å²) in [7, 11) is 0. The fourth-order valence-corrected chi connectivity index (χ4v) is 4.74. The molecule has 4 aliphatic rings.